The molecule has 1 amide bonds. The SMILES string of the molecule is CN[C@H](CC(C)C)C(=O)NC1CCCc2sc(-c3ccc4c(=O)c(C(=O)O)cn(C5CC5)c4c3OC)cc21. The van der Waals surface area contributed by atoms with Gasteiger partial charge >= 0.3 is 5.97 Å². The fourth-order valence-corrected chi connectivity index (χ4v) is 6.84. The Morgan fingerprint density at radius 1 is 1.24 bits per heavy atom. The van der Waals surface area contributed by atoms with Gasteiger partial charge in [0.25, 0.3) is 0 Å². The molecule has 2 atom stereocenters. The number of carboxylic acids is 1. The molecule has 2 aliphatic rings. The molecule has 9 heteroatoms. The van der Waals surface area contributed by atoms with Gasteiger partial charge in [-0.15, -0.1) is 11.3 Å². The second-order valence-corrected chi connectivity index (χ2v) is 11.9. The molecule has 3 N–H and O–H groups in total. The van der Waals surface area contributed by atoms with Crippen molar-refractivity contribution in [3.8, 4) is 16.2 Å². The van der Waals surface area contributed by atoms with Gasteiger partial charge in [-0.2, -0.15) is 0 Å². The minimum atomic E-state index is -1.22. The van der Waals surface area contributed by atoms with Gasteiger partial charge in [-0.25, -0.2) is 4.79 Å². The molecule has 5 rings (SSSR count). The first-order valence-corrected chi connectivity index (χ1v) is 14.1. The van der Waals surface area contributed by atoms with E-state index in [0.717, 1.165) is 54.5 Å². The molecule has 38 heavy (non-hydrogen) atoms. The van der Waals surface area contributed by atoms with E-state index < -0.39 is 11.4 Å². The Hall–Kier alpha value is -3.17. The number of aryl methyl sites for hydroxylation is 1. The number of hydrogen-bond acceptors (Lipinski definition) is 6. The molecule has 1 aromatic carbocycles. The summed E-state index contributed by atoms with van der Waals surface area (Å²) in [6, 6.07) is 5.61. The van der Waals surface area contributed by atoms with E-state index in [9.17, 15) is 19.5 Å². The van der Waals surface area contributed by atoms with Gasteiger partial charge in [-0.05, 0) is 75.3 Å². The Bertz CT molecular complexity index is 1450. The summed E-state index contributed by atoms with van der Waals surface area (Å²) in [4.78, 5) is 40.1. The number of likely N-dealkylation sites (N-methyl/N-ethyl adjacent to an activating group) is 1. The number of aromatic carboxylic acids is 1. The van der Waals surface area contributed by atoms with E-state index in [2.05, 4.69) is 30.5 Å². The van der Waals surface area contributed by atoms with Crippen LogP contribution in [0, 0.1) is 5.92 Å². The van der Waals surface area contributed by atoms with Crippen molar-refractivity contribution in [2.45, 2.75) is 70.5 Å². The van der Waals surface area contributed by atoms with Gasteiger partial charge in [0, 0.05) is 27.6 Å². The van der Waals surface area contributed by atoms with E-state index in [-0.39, 0.29) is 29.6 Å². The van der Waals surface area contributed by atoms with Crippen LogP contribution in [0.4, 0.5) is 0 Å². The average molecular weight is 538 g/mol. The Kier molecular flexibility index (Phi) is 7.33. The predicted molar refractivity (Wildman–Crippen MR) is 149 cm³/mol. The zero-order valence-corrected chi connectivity index (χ0v) is 23.1. The standard InChI is InChI=1S/C29H35N3O5S/c1-15(2)12-22(30-3)28(34)31-21-6-5-7-23-19(21)13-24(38-23)17-10-11-18-25(27(17)37-4)32(16-8-9-16)14-20(26(18)33)29(35)36/h10-11,13-16,21-22,30H,5-9,12H2,1-4H3,(H,31,34)(H,35,36)/t21?,22-/m1/s1. The maximum Gasteiger partial charge on any atom is 0.341 e. The van der Waals surface area contributed by atoms with Crippen molar-refractivity contribution in [1.82, 2.24) is 15.2 Å². The highest BCUT2D eigenvalue weighted by Crippen LogP contribution is 2.46. The third kappa shape index (κ3) is 4.85. The van der Waals surface area contributed by atoms with Crippen LogP contribution in [0.2, 0.25) is 0 Å². The number of pyridine rings is 1. The summed E-state index contributed by atoms with van der Waals surface area (Å²) in [6.45, 7) is 4.23. The number of nitrogens with one attached hydrogen (secondary N) is 2. The van der Waals surface area contributed by atoms with Crippen molar-refractivity contribution in [1.29, 1.82) is 0 Å². The monoisotopic (exact) mass is 537 g/mol. The van der Waals surface area contributed by atoms with Crippen LogP contribution in [0.15, 0.2) is 29.2 Å². The fourth-order valence-electron chi connectivity index (χ4n) is 5.55. The first kappa shape index (κ1) is 26.4. The molecule has 0 radical (unpaired) electrons. The van der Waals surface area contributed by atoms with Crippen LogP contribution >= 0.6 is 11.3 Å². The lowest BCUT2D eigenvalue weighted by molar-refractivity contribution is -0.124. The van der Waals surface area contributed by atoms with Crippen molar-refractivity contribution < 1.29 is 19.4 Å². The molecule has 0 aliphatic heterocycles. The van der Waals surface area contributed by atoms with Gasteiger partial charge in [0.2, 0.25) is 11.3 Å². The second-order valence-electron chi connectivity index (χ2n) is 10.8. The highest BCUT2D eigenvalue weighted by Gasteiger charge is 2.31. The molecule has 2 heterocycles. The van der Waals surface area contributed by atoms with Crippen LogP contribution in [-0.2, 0) is 11.2 Å². The zero-order valence-electron chi connectivity index (χ0n) is 22.3. The van der Waals surface area contributed by atoms with Gasteiger partial charge in [0.05, 0.1) is 30.1 Å². The Morgan fingerprint density at radius 3 is 2.63 bits per heavy atom. The molecule has 0 saturated heterocycles. The van der Waals surface area contributed by atoms with Crippen LogP contribution in [0.1, 0.15) is 78.8 Å². The van der Waals surface area contributed by atoms with Gasteiger partial charge in [-0.3, -0.25) is 9.59 Å². The van der Waals surface area contributed by atoms with Crippen LogP contribution in [0.3, 0.4) is 0 Å². The van der Waals surface area contributed by atoms with E-state index in [1.165, 1.54) is 11.1 Å². The lowest BCUT2D eigenvalue weighted by atomic mass is 9.92. The number of thiophene rings is 1. The van der Waals surface area contributed by atoms with Crippen molar-refractivity contribution >= 4 is 34.1 Å². The smallest absolute Gasteiger partial charge is 0.341 e. The number of hydrogen-bond donors (Lipinski definition) is 3. The Morgan fingerprint density at radius 2 is 2.00 bits per heavy atom. The topological polar surface area (TPSA) is 110 Å². The van der Waals surface area contributed by atoms with E-state index in [0.29, 0.717) is 22.6 Å². The summed E-state index contributed by atoms with van der Waals surface area (Å²) >= 11 is 1.70. The molecule has 2 aliphatic carbocycles. The van der Waals surface area contributed by atoms with Crippen molar-refractivity contribution in [2.24, 2.45) is 5.92 Å². The number of carbonyl (C=O) groups is 2. The number of benzene rings is 1. The minimum Gasteiger partial charge on any atom is -0.494 e. The van der Waals surface area contributed by atoms with Crippen molar-refractivity contribution in [2.75, 3.05) is 14.2 Å². The second kappa shape index (κ2) is 10.5. The number of rotatable bonds is 9. The van der Waals surface area contributed by atoms with E-state index in [4.69, 9.17) is 4.74 Å². The number of carboxylic acid groups (broad SMARTS) is 1. The summed E-state index contributed by atoms with van der Waals surface area (Å²) in [5, 5.41) is 16.4. The number of aromatic nitrogens is 1. The third-order valence-electron chi connectivity index (χ3n) is 7.59. The number of carbonyl (C=O) groups excluding carboxylic acids is 1. The lowest BCUT2D eigenvalue weighted by Gasteiger charge is -2.26. The van der Waals surface area contributed by atoms with Gasteiger partial charge in [-0.1, -0.05) is 13.8 Å². The van der Waals surface area contributed by atoms with Crippen molar-refractivity contribution in [3.63, 3.8) is 0 Å². The van der Waals surface area contributed by atoms with Crippen molar-refractivity contribution in [3.05, 3.63) is 50.6 Å². The fraction of sp³-hybridized carbons (Fsp3) is 0.483. The molecular formula is C29H35N3O5S. The molecule has 0 spiro atoms. The van der Waals surface area contributed by atoms with Crippen LogP contribution in [0.5, 0.6) is 5.75 Å². The van der Waals surface area contributed by atoms with E-state index in [1.807, 2.05) is 17.7 Å². The molecule has 1 unspecified atom stereocenters. The first-order valence-electron chi connectivity index (χ1n) is 13.3. The predicted octanol–water partition coefficient (Wildman–Crippen LogP) is 4.90. The molecule has 202 valence electrons. The highest BCUT2D eigenvalue weighted by molar-refractivity contribution is 7.15. The molecule has 1 fully saturated rings. The maximum absolute atomic E-state index is 13.1. The molecule has 2 aromatic heterocycles. The normalized spacial score (nSPS) is 17.9. The molecular weight excluding hydrogens is 502 g/mol. The summed E-state index contributed by atoms with van der Waals surface area (Å²) in [5.41, 5.74) is 1.94. The molecule has 3 aromatic rings. The third-order valence-corrected chi connectivity index (χ3v) is 8.83. The average Bonchev–Trinajstić information content (AvgIpc) is 3.64. The maximum atomic E-state index is 13.1. The Labute approximate surface area is 226 Å². The number of nitrogens with zero attached hydrogens (tertiary/aromatic N) is 1. The lowest BCUT2D eigenvalue weighted by Crippen LogP contribution is -2.45. The minimum absolute atomic E-state index is 0.0257. The summed E-state index contributed by atoms with van der Waals surface area (Å²) in [5.74, 6) is -0.206. The van der Waals surface area contributed by atoms with Gasteiger partial charge < -0.3 is 25.0 Å². The first-order chi connectivity index (χ1) is 18.2. The van der Waals surface area contributed by atoms with E-state index >= 15 is 0 Å². The summed E-state index contributed by atoms with van der Waals surface area (Å²) in [6.07, 6.45) is 6.96. The largest absolute Gasteiger partial charge is 0.494 e. The highest BCUT2D eigenvalue weighted by atomic mass is 32.1. The molecule has 1 saturated carbocycles. The van der Waals surface area contributed by atoms with Gasteiger partial charge in [0.15, 0.2) is 5.75 Å². The quantitative estimate of drug-likeness (QED) is 0.358. The molecule has 0 bridgehead atoms. The number of ether oxygens (including phenoxy) is 1. The Balaban J connectivity index is 1.56. The van der Waals surface area contributed by atoms with E-state index in [1.54, 1.807) is 24.5 Å². The van der Waals surface area contributed by atoms with Crippen LogP contribution in [0.25, 0.3) is 21.3 Å². The number of amides is 1. The summed E-state index contributed by atoms with van der Waals surface area (Å²) < 4.78 is 7.82. The molecule has 8 nitrogen and oxygen atoms in total. The van der Waals surface area contributed by atoms with Crippen LogP contribution in [-0.4, -0.2) is 41.7 Å². The summed E-state index contributed by atoms with van der Waals surface area (Å²) in [7, 11) is 3.42. The van der Waals surface area contributed by atoms with Gasteiger partial charge in [0.1, 0.15) is 5.56 Å². The van der Waals surface area contributed by atoms with Crippen LogP contribution < -0.4 is 20.8 Å². The zero-order chi connectivity index (χ0) is 27.1. The number of methoxy groups -OCH3 is 1. The number of fused-ring (bicyclic) bond motifs is 2.